The molecule has 1 aliphatic heterocycles. The Morgan fingerprint density at radius 2 is 2.11 bits per heavy atom. The van der Waals surface area contributed by atoms with E-state index < -0.39 is 0 Å². The minimum atomic E-state index is -0.378. The first kappa shape index (κ1) is 10.6. The lowest BCUT2D eigenvalue weighted by atomic mass is 10.1. The van der Waals surface area contributed by atoms with Crippen molar-refractivity contribution in [3.63, 3.8) is 0 Å². The van der Waals surface area contributed by atoms with E-state index in [0.717, 1.165) is 5.56 Å². The molecule has 2 aromatic rings. The number of carbonyl (C=O) groups is 1. The maximum atomic E-state index is 11.8. The van der Waals surface area contributed by atoms with Crippen molar-refractivity contribution < 1.29 is 9.53 Å². The second kappa shape index (κ2) is 4.04. The fourth-order valence-electron chi connectivity index (χ4n) is 2.14. The normalized spacial score (nSPS) is 17.7. The molecular weight excluding hydrogens is 228 g/mol. The van der Waals surface area contributed by atoms with Crippen molar-refractivity contribution in [3.8, 4) is 6.07 Å². The lowest BCUT2D eigenvalue weighted by Crippen LogP contribution is -2.25. The number of rotatable bonds is 1. The van der Waals surface area contributed by atoms with E-state index in [0.29, 0.717) is 17.8 Å². The Bertz CT molecular complexity index is 638. The fourth-order valence-corrected chi connectivity index (χ4v) is 2.14. The molecule has 1 aromatic heterocycles. The largest absolute Gasteiger partial charge is 0.451 e. The molecular formula is C14H10N2O2. The van der Waals surface area contributed by atoms with E-state index in [2.05, 4.69) is 0 Å². The molecule has 4 heteroatoms. The quantitative estimate of drug-likeness (QED) is 0.716. The van der Waals surface area contributed by atoms with Crippen LogP contribution in [-0.2, 0) is 11.3 Å². The van der Waals surface area contributed by atoms with Crippen molar-refractivity contribution in [2.75, 3.05) is 0 Å². The van der Waals surface area contributed by atoms with Gasteiger partial charge in [0.05, 0.1) is 12.1 Å². The molecule has 0 fully saturated rings. The summed E-state index contributed by atoms with van der Waals surface area (Å²) in [6, 6.07) is 13.2. The zero-order chi connectivity index (χ0) is 12.5. The number of nitrogens with zero attached hydrogens (tertiary/aromatic N) is 2. The molecule has 0 aliphatic carbocycles. The molecule has 1 aliphatic rings. The second-order valence-corrected chi connectivity index (χ2v) is 4.18. The topological polar surface area (TPSA) is 55.0 Å². The monoisotopic (exact) mass is 238 g/mol. The number of cyclic esters (lactones) is 1. The second-order valence-electron chi connectivity index (χ2n) is 4.18. The van der Waals surface area contributed by atoms with Gasteiger partial charge < -0.3 is 9.30 Å². The Morgan fingerprint density at radius 3 is 2.83 bits per heavy atom. The van der Waals surface area contributed by atoms with E-state index in [4.69, 9.17) is 10.00 Å². The first-order valence-corrected chi connectivity index (χ1v) is 5.64. The Hall–Kier alpha value is -2.54. The predicted molar refractivity (Wildman–Crippen MR) is 63.7 cm³/mol. The number of aromatic nitrogens is 1. The third-order valence-corrected chi connectivity index (χ3v) is 3.02. The van der Waals surface area contributed by atoms with Crippen LogP contribution in [0.25, 0.3) is 0 Å². The van der Waals surface area contributed by atoms with E-state index in [1.807, 2.05) is 36.4 Å². The molecule has 18 heavy (non-hydrogen) atoms. The first-order chi connectivity index (χ1) is 8.78. The molecule has 1 atom stereocenters. The zero-order valence-electron chi connectivity index (χ0n) is 9.54. The summed E-state index contributed by atoms with van der Waals surface area (Å²) < 4.78 is 7.17. The molecule has 88 valence electrons. The van der Waals surface area contributed by atoms with Crippen LogP contribution in [0.2, 0.25) is 0 Å². The van der Waals surface area contributed by atoms with Crippen LogP contribution in [0.1, 0.15) is 27.7 Å². The van der Waals surface area contributed by atoms with E-state index in [1.165, 1.54) is 0 Å². The summed E-state index contributed by atoms with van der Waals surface area (Å²) >= 11 is 0. The lowest BCUT2D eigenvalue weighted by molar-refractivity contribution is 0.0156. The molecule has 3 rings (SSSR count). The van der Waals surface area contributed by atoms with E-state index in [9.17, 15) is 4.79 Å². The standard InChI is InChI=1S/C14H10N2O2/c15-7-10-6-12-14(17)18-13(9-16(12)8-10)11-4-2-1-3-5-11/h1-6,8,13H,9H2. The SMILES string of the molecule is N#Cc1cc2n(c1)CC(c1ccccc1)OC2=O. The maximum Gasteiger partial charge on any atom is 0.355 e. The molecule has 1 unspecified atom stereocenters. The number of nitriles is 1. The smallest absolute Gasteiger partial charge is 0.355 e. The minimum Gasteiger partial charge on any atom is -0.451 e. The summed E-state index contributed by atoms with van der Waals surface area (Å²) in [5.41, 5.74) is 1.89. The molecule has 0 bridgehead atoms. The molecule has 1 aromatic carbocycles. The van der Waals surface area contributed by atoms with Crippen LogP contribution < -0.4 is 0 Å². The maximum absolute atomic E-state index is 11.8. The van der Waals surface area contributed by atoms with Gasteiger partial charge in [0.2, 0.25) is 0 Å². The van der Waals surface area contributed by atoms with Crippen LogP contribution in [0.5, 0.6) is 0 Å². The number of fused-ring (bicyclic) bond motifs is 1. The summed E-state index contributed by atoms with van der Waals surface area (Å²) in [4.78, 5) is 11.8. The molecule has 4 nitrogen and oxygen atoms in total. The van der Waals surface area contributed by atoms with Crippen LogP contribution in [0.3, 0.4) is 0 Å². The average Bonchev–Trinajstić information content (AvgIpc) is 2.83. The van der Waals surface area contributed by atoms with Crippen LogP contribution in [0, 0.1) is 11.3 Å². The van der Waals surface area contributed by atoms with Gasteiger partial charge in [0.25, 0.3) is 0 Å². The lowest BCUT2D eigenvalue weighted by Gasteiger charge is -2.24. The van der Waals surface area contributed by atoms with Crippen LogP contribution in [-0.4, -0.2) is 10.5 Å². The number of hydrogen-bond donors (Lipinski definition) is 0. The van der Waals surface area contributed by atoms with Crippen LogP contribution in [0.15, 0.2) is 42.6 Å². The Labute approximate surface area is 104 Å². The summed E-state index contributed by atoms with van der Waals surface area (Å²) in [6.07, 6.45) is 1.40. The van der Waals surface area contributed by atoms with E-state index >= 15 is 0 Å². The molecule has 0 radical (unpaired) electrons. The molecule has 0 N–H and O–H groups in total. The summed E-state index contributed by atoms with van der Waals surface area (Å²) in [6.45, 7) is 0.548. The average molecular weight is 238 g/mol. The third-order valence-electron chi connectivity index (χ3n) is 3.02. The predicted octanol–water partition coefficient (Wildman–Crippen LogP) is 2.27. The number of hydrogen-bond acceptors (Lipinski definition) is 3. The van der Waals surface area contributed by atoms with E-state index in [1.54, 1.807) is 16.8 Å². The fraction of sp³-hybridized carbons (Fsp3) is 0.143. The van der Waals surface area contributed by atoms with Gasteiger partial charge in [-0.2, -0.15) is 5.26 Å². The van der Waals surface area contributed by atoms with Gasteiger partial charge in [-0.3, -0.25) is 0 Å². The van der Waals surface area contributed by atoms with Crippen LogP contribution in [0.4, 0.5) is 0 Å². The van der Waals surface area contributed by atoms with Crippen molar-refractivity contribution in [2.45, 2.75) is 12.6 Å². The van der Waals surface area contributed by atoms with Crippen molar-refractivity contribution in [1.82, 2.24) is 4.57 Å². The highest BCUT2D eigenvalue weighted by atomic mass is 16.5. The molecule has 0 saturated carbocycles. The molecule has 0 amide bonds. The van der Waals surface area contributed by atoms with Gasteiger partial charge >= 0.3 is 5.97 Å². The highest BCUT2D eigenvalue weighted by Gasteiger charge is 2.27. The van der Waals surface area contributed by atoms with Gasteiger partial charge in [0.1, 0.15) is 17.9 Å². The Kier molecular flexibility index (Phi) is 2.38. The highest BCUT2D eigenvalue weighted by Crippen LogP contribution is 2.27. The summed E-state index contributed by atoms with van der Waals surface area (Å²) in [5, 5.41) is 8.84. The van der Waals surface area contributed by atoms with Crippen molar-refractivity contribution in [2.24, 2.45) is 0 Å². The van der Waals surface area contributed by atoms with Gasteiger partial charge in [-0.1, -0.05) is 30.3 Å². The van der Waals surface area contributed by atoms with Gasteiger partial charge in [-0.15, -0.1) is 0 Å². The number of benzene rings is 1. The zero-order valence-corrected chi connectivity index (χ0v) is 9.54. The van der Waals surface area contributed by atoms with Gasteiger partial charge in [-0.25, -0.2) is 4.79 Å². The Morgan fingerprint density at radius 1 is 1.33 bits per heavy atom. The number of ether oxygens (including phenoxy) is 1. The molecule has 0 spiro atoms. The molecule has 2 heterocycles. The third kappa shape index (κ3) is 1.66. The number of esters is 1. The highest BCUT2D eigenvalue weighted by molar-refractivity contribution is 5.89. The first-order valence-electron chi connectivity index (χ1n) is 5.64. The van der Waals surface area contributed by atoms with Crippen molar-refractivity contribution in [1.29, 1.82) is 5.26 Å². The molecule has 0 saturated heterocycles. The van der Waals surface area contributed by atoms with Crippen LogP contribution >= 0.6 is 0 Å². The minimum absolute atomic E-state index is 0.287. The van der Waals surface area contributed by atoms with Crippen molar-refractivity contribution >= 4 is 5.97 Å². The van der Waals surface area contributed by atoms with E-state index in [-0.39, 0.29) is 12.1 Å². The summed E-state index contributed by atoms with van der Waals surface area (Å²) in [7, 11) is 0. The van der Waals surface area contributed by atoms with Gasteiger partial charge in [0.15, 0.2) is 0 Å². The van der Waals surface area contributed by atoms with Gasteiger partial charge in [0, 0.05) is 6.20 Å². The summed E-state index contributed by atoms with van der Waals surface area (Å²) in [5.74, 6) is -0.378. The Balaban J connectivity index is 1.97. The number of carbonyl (C=O) groups excluding carboxylic acids is 1. The van der Waals surface area contributed by atoms with Crippen molar-refractivity contribution in [3.05, 3.63) is 59.4 Å². The van der Waals surface area contributed by atoms with Gasteiger partial charge in [-0.05, 0) is 11.6 Å².